The number of carbonyl (C=O) groups is 2. The van der Waals surface area contributed by atoms with Gasteiger partial charge in [-0.2, -0.15) is 0 Å². The van der Waals surface area contributed by atoms with Gasteiger partial charge in [-0.1, -0.05) is 12.5 Å². The van der Waals surface area contributed by atoms with Crippen molar-refractivity contribution in [3.8, 4) is 5.75 Å². The molecule has 1 aromatic rings. The first-order valence-electron chi connectivity index (χ1n) is 9.50. The van der Waals surface area contributed by atoms with Gasteiger partial charge in [0.05, 0.1) is 12.7 Å². The molecule has 6 heteroatoms. The molecule has 0 radical (unpaired) electrons. The van der Waals surface area contributed by atoms with Gasteiger partial charge in [0.1, 0.15) is 12.4 Å². The lowest BCUT2D eigenvalue weighted by Gasteiger charge is -2.37. The molecule has 1 aromatic carbocycles. The fourth-order valence-electron chi connectivity index (χ4n) is 3.82. The quantitative estimate of drug-likeness (QED) is 0.699. The Labute approximate surface area is 155 Å². The molecular weight excluding hydrogens is 332 g/mol. The molecular formula is C20H28N2O4. The van der Waals surface area contributed by atoms with Gasteiger partial charge in [0.2, 0.25) is 5.91 Å². The third-order valence-corrected chi connectivity index (χ3v) is 5.25. The smallest absolute Gasteiger partial charge is 0.337 e. The maximum absolute atomic E-state index is 11.9. The number of amides is 1. The highest BCUT2D eigenvalue weighted by atomic mass is 16.5. The number of benzene rings is 1. The predicted molar refractivity (Wildman–Crippen MR) is 98.3 cm³/mol. The Morgan fingerprint density at radius 1 is 1.23 bits per heavy atom. The van der Waals surface area contributed by atoms with Crippen molar-refractivity contribution in [1.82, 2.24) is 9.80 Å². The van der Waals surface area contributed by atoms with Gasteiger partial charge in [0.15, 0.2) is 0 Å². The van der Waals surface area contributed by atoms with E-state index in [2.05, 4.69) is 4.90 Å². The molecule has 1 amide bonds. The molecule has 1 unspecified atom stereocenters. The second kappa shape index (κ2) is 9.03. The van der Waals surface area contributed by atoms with Gasteiger partial charge in [-0.25, -0.2) is 4.79 Å². The molecule has 142 valence electrons. The van der Waals surface area contributed by atoms with Gasteiger partial charge < -0.3 is 14.4 Å². The third kappa shape index (κ3) is 4.75. The minimum absolute atomic E-state index is 0.298. The Hall–Kier alpha value is -2.08. The molecule has 0 spiro atoms. The number of nitrogens with zero attached hydrogens (tertiary/aromatic N) is 2. The van der Waals surface area contributed by atoms with E-state index >= 15 is 0 Å². The number of hydrogen-bond donors (Lipinski definition) is 0. The highest BCUT2D eigenvalue weighted by Gasteiger charge is 2.28. The molecule has 1 atom stereocenters. The second-order valence-electron chi connectivity index (χ2n) is 7.00. The molecule has 6 nitrogen and oxygen atoms in total. The second-order valence-corrected chi connectivity index (χ2v) is 7.00. The fourth-order valence-corrected chi connectivity index (χ4v) is 3.82. The van der Waals surface area contributed by atoms with Crippen LogP contribution in [-0.4, -0.2) is 67.6 Å². The van der Waals surface area contributed by atoms with Gasteiger partial charge in [0, 0.05) is 32.1 Å². The summed E-state index contributed by atoms with van der Waals surface area (Å²) in [6, 6.07) is 7.50. The topological polar surface area (TPSA) is 59.1 Å². The molecule has 2 aliphatic heterocycles. The molecule has 2 aliphatic rings. The standard InChI is InChI=1S/C20H28N2O4/c1-25-20(24)16-6-4-8-18(14-16)26-13-12-21-10-3-2-7-17(21)15-22-11-5-9-19(22)23/h4,6,8,14,17H,2-3,5,7,9-13,15H2,1H3. The lowest BCUT2D eigenvalue weighted by atomic mass is 10.0. The van der Waals surface area contributed by atoms with E-state index in [0.717, 1.165) is 39.0 Å². The average molecular weight is 360 g/mol. The molecule has 0 aromatic heterocycles. The Morgan fingerprint density at radius 3 is 2.88 bits per heavy atom. The van der Waals surface area contributed by atoms with Crippen molar-refractivity contribution in [2.45, 2.75) is 38.1 Å². The van der Waals surface area contributed by atoms with E-state index in [1.165, 1.54) is 20.0 Å². The molecule has 2 fully saturated rings. The van der Waals surface area contributed by atoms with Crippen molar-refractivity contribution in [3.05, 3.63) is 29.8 Å². The summed E-state index contributed by atoms with van der Waals surface area (Å²) in [5.41, 5.74) is 0.494. The summed E-state index contributed by atoms with van der Waals surface area (Å²) in [6.45, 7) is 4.19. The molecule has 0 N–H and O–H groups in total. The lowest BCUT2D eigenvalue weighted by molar-refractivity contribution is -0.128. The van der Waals surface area contributed by atoms with Crippen LogP contribution in [0.4, 0.5) is 0 Å². The van der Waals surface area contributed by atoms with Crippen LogP contribution in [-0.2, 0) is 9.53 Å². The number of piperidine rings is 1. The van der Waals surface area contributed by atoms with Crippen LogP contribution in [0.5, 0.6) is 5.75 Å². The molecule has 26 heavy (non-hydrogen) atoms. The van der Waals surface area contributed by atoms with E-state index in [1.807, 2.05) is 11.0 Å². The van der Waals surface area contributed by atoms with Crippen LogP contribution in [0.2, 0.25) is 0 Å². The van der Waals surface area contributed by atoms with E-state index < -0.39 is 0 Å². The largest absolute Gasteiger partial charge is 0.492 e. The summed E-state index contributed by atoms with van der Waals surface area (Å²) in [7, 11) is 1.37. The Morgan fingerprint density at radius 2 is 2.12 bits per heavy atom. The fraction of sp³-hybridized carbons (Fsp3) is 0.600. The van der Waals surface area contributed by atoms with Crippen molar-refractivity contribution >= 4 is 11.9 Å². The maximum Gasteiger partial charge on any atom is 0.337 e. The third-order valence-electron chi connectivity index (χ3n) is 5.25. The van der Waals surface area contributed by atoms with Gasteiger partial charge in [-0.15, -0.1) is 0 Å². The number of esters is 1. The molecule has 0 saturated carbocycles. The maximum atomic E-state index is 11.9. The van der Waals surface area contributed by atoms with Gasteiger partial charge in [0.25, 0.3) is 0 Å². The zero-order valence-electron chi connectivity index (χ0n) is 15.5. The number of carbonyl (C=O) groups excluding carboxylic acids is 2. The Kier molecular flexibility index (Phi) is 6.50. The van der Waals surface area contributed by atoms with Gasteiger partial charge in [-0.3, -0.25) is 9.69 Å². The highest BCUT2D eigenvalue weighted by Crippen LogP contribution is 2.21. The van der Waals surface area contributed by atoms with Crippen LogP contribution >= 0.6 is 0 Å². The number of hydrogen-bond acceptors (Lipinski definition) is 5. The predicted octanol–water partition coefficient (Wildman–Crippen LogP) is 2.33. The van der Waals surface area contributed by atoms with Crippen LogP contribution in [0, 0.1) is 0 Å². The zero-order valence-corrected chi connectivity index (χ0v) is 15.5. The molecule has 3 rings (SSSR count). The monoisotopic (exact) mass is 360 g/mol. The minimum Gasteiger partial charge on any atom is -0.492 e. The Balaban J connectivity index is 1.51. The number of methoxy groups -OCH3 is 1. The van der Waals surface area contributed by atoms with E-state index in [0.29, 0.717) is 36.3 Å². The van der Waals surface area contributed by atoms with Crippen LogP contribution in [0.3, 0.4) is 0 Å². The highest BCUT2D eigenvalue weighted by molar-refractivity contribution is 5.89. The van der Waals surface area contributed by atoms with Crippen molar-refractivity contribution < 1.29 is 19.1 Å². The van der Waals surface area contributed by atoms with E-state index in [9.17, 15) is 9.59 Å². The molecule has 0 aliphatic carbocycles. The first-order valence-corrected chi connectivity index (χ1v) is 9.50. The molecule has 0 bridgehead atoms. The number of likely N-dealkylation sites (tertiary alicyclic amines) is 2. The van der Waals surface area contributed by atoms with Crippen molar-refractivity contribution in [1.29, 1.82) is 0 Å². The number of ether oxygens (including phenoxy) is 2. The summed E-state index contributed by atoms with van der Waals surface area (Å²) < 4.78 is 10.6. The summed E-state index contributed by atoms with van der Waals surface area (Å²) in [5.74, 6) is 0.615. The van der Waals surface area contributed by atoms with E-state index in [4.69, 9.17) is 9.47 Å². The first kappa shape index (κ1) is 18.7. The van der Waals surface area contributed by atoms with Crippen molar-refractivity contribution in [3.63, 3.8) is 0 Å². The summed E-state index contributed by atoms with van der Waals surface area (Å²) in [4.78, 5) is 28.0. The molecule has 2 heterocycles. The average Bonchev–Trinajstić information content (AvgIpc) is 3.07. The zero-order chi connectivity index (χ0) is 18.4. The van der Waals surface area contributed by atoms with E-state index in [-0.39, 0.29) is 5.97 Å². The van der Waals surface area contributed by atoms with Crippen LogP contribution in [0.1, 0.15) is 42.5 Å². The van der Waals surface area contributed by atoms with E-state index in [1.54, 1.807) is 18.2 Å². The van der Waals surface area contributed by atoms with Crippen LogP contribution < -0.4 is 4.74 Å². The number of rotatable bonds is 7. The first-order chi connectivity index (χ1) is 12.7. The van der Waals surface area contributed by atoms with Gasteiger partial charge in [-0.05, 0) is 44.0 Å². The van der Waals surface area contributed by atoms with Crippen molar-refractivity contribution in [2.24, 2.45) is 0 Å². The summed E-state index contributed by atoms with van der Waals surface area (Å²) in [5, 5.41) is 0. The molecule has 2 saturated heterocycles. The minimum atomic E-state index is -0.359. The van der Waals surface area contributed by atoms with Gasteiger partial charge >= 0.3 is 5.97 Å². The normalized spacial score (nSPS) is 21.0. The summed E-state index contributed by atoms with van der Waals surface area (Å²) >= 11 is 0. The Bertz CT molecular complexity index is 634. The SMILES string of the molecule is COC(=O)c1cccc(OCCN2CCCCC2CN2CCCC2=O)c1. The lowest BCUT2D eigenvalue weighted by Crippen LogP contribution is -2.48. The van der Waals surface area contributed by atoms with Crippen molar-refractivity contribution in [2.75, 3.05) is 39.9 Å². The summed E-state index contributed by atoms with van der Waals surface area (Å²) in [6.07, 6.45) is 5.26. The van der Waals surface area contributed by atoms with Crippen LogP contribution in [0.15, 0.2) is 24.3 Å². The van der Waals surface area contributed by atoms with Crippen LogP contribution in [0.25, 0.3) is 0 Å².